The van der Waals surface area contributed by atoms with Gasteiger partial charge in [0.15, 0.2) is 0 Å². The SMILES string of the molecule is COC(=O)CC[C@H]1O[C@@H](c2ccccc2)c2ccccc2N(Cc2ccccc2)C1=O. The van der Waals surface area contributed by atoms with E-state index in [1.165, 1.54) is 7.11 Å². The maximum Gasteiger partial charge on any atom is 0.305 e. The van der Waals surface area contributed by atoms with Crippen molar-refractivity contribution in [2.75, 3.05) is 12.0 Å². The Bertz CT molecular complexity index is 1040. The van der Waals surface area contributed by atoms with Crippen molar-refractivity contribution in [1.82, 2.24) is 0 Å². The summed E-state index contributed by atoms with van der Waals surface area (Å²) >= 11 is 0. The summed E-state index contributed by atoms with van der Waals surface area (Å²) in [6, 6.07) is 27.6. The van der Waals surface area contributed by atoms with Crippen molar-refractivity contribution in [3.05, 3.63) is 102 Å². The van der Waals surface area contributed by atoms with E-state index in [2.05, 4.69) is 0 Å². The molecule has 1 aliphatic rings. The summed E-state index contributed by atoms with van der Waals surface area (Å²) in [5.74, 6) is -0.511. The predicted molar refractivity (Wildman–Crippen MR) is 118 cm³/mol. The van der Waals surface area contributed by atoms with E-state index in [0.29, 0.717) is 6.54 Å². The van der Waals surface area contributed by atoms with Crippen molar-refractivity contribution in [3.8, 4) is 0 Å². The lowest BCUT2D eigenvalue weighted by atomic mass is 9.99. The molecule has 0 unspecified atom stereocenters. The molecule has 5 nitrogen and oxygen atoms in total. The van der Waals surface area contributed by atoms with Crippen molar-refractivity contribution in [2.24, 2.45) is 0 Å². The van der Waals surface area contributed by atoms with Crippen LogP contribution in [0.5, 0.6) is 0 Å². The van der Waals surface area contributed by atoms with Gasteiger partial charge in [-0.15, -0.1) is 0 Å². The van der Waals surface area contributed by atoms with Gasteiger partial charge >= 0.3 is 5.97 Å². The largest absolute Gasteiger partial charge is 0.469 e. The Hall–Kier alpha value is -3.44. The molecule has 0 fully saturated rings. The van der Waals surface area contributed by atoms with Gasteiger partial charge < -0.3 is 14.4 Å². The van der Waals surface area contributed by atoms with Gasteiger partial charge in [-0.1, -0.05) is 78.9 Å². The zero-order chi connectivity index (χ0) is 21.6. The number of carbonyl (C=O) groups is 2. The molecule has 0 radical (unpaired) electrons. The first-order valence-corrected chi connectivity index (χ1v) is 10.4. The zero-order valence-corrected chi connectivity index (χ0v) is 17.4. The number of ether oxygens (including phenoxy) is 2. The fourth-order valence-corrected chi connectivity index (χ4v) is 3.90. The van der Waals surface area contributed by atoms with Crippen molar-refractivity contribution < 1.29 is 19.1 Å². The van der Waals surface area contributed by atoms with Gasteiger partial charge in [-0.25, -0.2) is 0 Å². The van der Waals surface area contributed by atoms with Gasteiger partial charge in [-0.2, -0.15) is 0 Å². The van der Waals surface area contributed by atoms with Crippen LogP contribution in [0.15, 0.2) is 84.9 Å². The van der Waals surface area contributed by atoms with Crippen molar-refractivity contribution in [1.29, 1.82) is 0 Å². The van der Waals surface area contributed by atoms with E-state index in [1.807, 2.05) is 84.9 Å². The van der Waals surface area contributed by atoms with E-state index in [-0.39, 0.29) is 24.7 Å². The molecule has 3 aromatic rings. The smallest absolute Gasteiger partial charge is 0.305 e. The Labute approximate surface area is 182 Å². The number of amides is 1. The molecular formula is C26H25NO4. The van der Waals surface area contributed by atoms with Gasteiger partial charge in [-0.3, -0.25) is 9.59 Å². The Morgan fingerprint density at radius 3 is 2.29 bits per heavy atom. The molecule has 1 amide bonds. The van der Waals surface area contributed by atoms with Crippen molar-refractivity contribution >= 4 is 17.6 Å². The molecule has 4 rings (SSSR count). The third-order valence-electron chi connectivity index (χ3n) is 5.48. The molecule has 0 spiro atoms. The number of rotatable bonds is 6. The van der Waals surface area contributed by atoms with E-state index in [1.54, 1.807) is 4.90 Å². The Morgan fingerprint density at radius 2 is 1.58 bits per heavy atom. The lowest BCUT2D eigenvalue weighted by Crippen LogP contribution is -2.39. The molecule has 0 saturated heterocycles. The molecule has 0 aromatic heterocycles. The van der Waals surface area contributed by atoms with E-state index in [4.69, 9.17) is 9.47 Å². The molecule has 0 aliphatic carbocycles. The second-order valence-electron chi connectivity index (χ2n) is 7.50. The number of fused-ring (bicyclic) bond motifs is 1. The summed E-state index contributed by atoms with van der Waals surface area (Å²) in [4.78, 5) is 27.2. The summed E-state index contributed by atoms with van der Waals surface area (Å²) < 4.78 is 11.2. The number of para-hydroxylation sites is 1. The highest BCUT2D eigenvalue weighted by Crippen LogP contribution is 2.39. The third kappa shape index (κ3) is 4.67. The highest BCUT2D eigenvalue weighted by atomic mass is 16.5. The minimum Gasteiger partial charge on any atom is -0.469 e. The first kappa shape index (κ1) is 20.8. The van der Waals surface area contributed by atoms with Crippen LogP contribution in [0, 0.1) is 0 Å². The van der Waals surface area contributed by atoms with E-state index in [9.17, 15) is 9.59 Å². The fraction of sp³-hybridized carbons (Fsp3) is 0.231. The minimum absolute atomic E-state index is 0.115. The van der Waals surface area contributed by atoms with E-state index in [0.717, 1.165) is 22.4 Å². The van der Waals surface area contributed by atoms with E-state index >= 15 is 0 Å². The number of benzene rings is 3. The molecular weight excluding hydrogens is 390 g/mol. The summed E-state index contributed by atoms with van der Waals surface area (Å²) in [6.07, 6.45) is -0.803. The van der Waals surface area contributed by atoms with Crippen molar-refractivity contribution in [2.45, 2.75) is 31.6 Å². The average molecular weight is 415 g/mol. The third-order valence-corrected chi connectivity index (χ3v) is 5.48. The standard InChI is InChI=1S/C26H25NO4/c1-30-24(28)17-16-23-26(29)27(18-19-10-4-2-5-11-19)22-15-9-8-14-21(22)25(31-23)20-12-6-3-7-13-20/h2-15,23,25H,16-18H2,1H3/t23-,25+/m1/s1. The maximum atomic E-state index is 13.6. The Kier molecular flexibility index (Phi) is 6.43. The molecule has 5 heteroatoms. The highest BCUT2D eigenvalue weighted by molar-refractivity contribution is 5.98. The first-order chi connectivity index (χ1) is 15.2. The lowest BCUT2D eigenvalue weighted by Gasteiger charge is -2.25. The van der Waals surface area contributed by atoms with Crippen LogP contribution in [0.2, 0.25) is 0 Å². The Balaban J connectivity index is 1.77. The predicted octanol–water partition coefficient (Wildman–Crippen LogP) is 4.66. The van der Waals surface area contributed by atoms with Gasteiger partial charge in [0.05, 0.1) is 19.3 Å². The summed E-state index contributed by atoms with van der Waals surface area (Å²) in [7, 11) is 1.35. The van der Waals surface area contributed by atoms with Gasteiger partial charge in [-0.05, 0) is 23.6 Å². The number of carbonyl (C=O) groups excluding carboxylic acids is 2. The fourth-order valence-electron chi connectivity index (χ4n) is 3.90. The zero-order valence-electron chi connectivity index (χ0n) is 17.4. The lowest BCUT2D eigenvalue weighted by molar-refractivity contribution is -0.142. The molecule has 1 aliphatic heterocycles. The van der Waals surface area contributed by atoms with Gasteiger partial charge in [0.2, 0.25) is 0 Å². The average Bonchev–Trinajstić information content (AvgIpc) is 2.94. The van der Waals surface area contributed by atoms with Crippen LogP contribution in [0.4, 0.5) is 5.69 Å². The van der Waals surface area contributed by atoms with Crippen LogP contribution >= 0.6 is 0 Å². The van der Waals surface area contributed by atoms with Gasteiger partial charge in [0.25, 0.3) is 5.91 Å². The second-order valence-corrected chi connectivity index (χ2v) is 7.50. The highest BCUT2D eigenvalue weighted by Gasteiger charge is 2.36. The molecule has 1 heterocycles. The number of nitrogens with zero attached hydrogens (tertiary/aromatic N) is 1. The van der Waals surface area contributed by atoms with E-state index < -0.39 is 12.2 Å². The van der Waals surface area contributed by atoms with Crippen LogP contribution in [0.1, 0.15) is 35.6 Å². The van der Waals surface area contributed by atoms with Crippen molar-refractivity contribution in [3.63, 3.8) is 0 Å². The summed E-state index contributed by atoms with van der Waals surface area (Å²) in [5, 5.41) is 0. The number of methoxy groups -OCH3 is 1. The van der Waals surface area contributed by atoms with Crippen LogP contribution < -0.4 is 4.90 Å². The molecule has 0 N–H and O–H groups in total. The number of esters is 1. The van der Waals surface area contributed by atoms with Crippen LogP contribution in [0.25, 0.3) is 0 Å². The molecule has 0 saturated carbocycles. The topological polar surface area (TPSA) is 55.8 Å². The van der Waals surface area contributed by atoms with Crippen LogP contribution in [-0.2, 0) is 25.6 Å². The van der Waals surface area contributed by atoms with Crippen LogP contribution in [-0.4, -0.2) is 25.1 Å². The number of hydrogen-bond donors (Lipinski definition) is 0. The molecule has 31 heavy (non-hydrogen) atoms. The summed E-state index contributed by atoms with van der Waals surface area (Å²) in [5.41, 5.74) is 3.74. The molecule has 158 valence electrons. The van der Waals surface area contributed by atoms with Gasteiger partial charge in [0.1, 0.15) is 12.2 Å². The quantitative estimate of drug-likeness (QED) is 0.550. The Morgan fingerprint density at radius 1 is 0.935 bits per heavy atom. The maximum absolute atomic E-state index is 13.6. The molecule has 3 aromatic carbocycles. The molecule has 2 atom stereocenters. The van der Waals surface area contributed by atoms with Crippen LogP contribution in [0.3, 0.4) is 0 Å². The first-order valence-electron chi connectivity index (χ1n) is 10.4. The second kappa shape index (κ2) is 9.58. The number of hydrogen-bond acceptors (Lipinski definition) is 4. The normalized spacial score (nSPS) is 18.2. The molecule has 0 bridgehead atoms. The minimum atomic E-state index is -0.764. The summed E-state index contributed by atoms with van der Waals surface area (Å²) in [6.45, 7) is 0.427. The van der Waals surface area contributed by atoms with Gasteiger partial charge in [0, 0.05) is 12.0 Å². The monoisotopic (exact) mass is 415 g/mol. The number of anilines is 1.